The highest BCUT2D eigenvalue weighted by Gasteiger charge is 2.27. The van der Waals surface area contributed by atoms with Crippen LogP contribution in [0.4, 0.5) is 20.2 Å². The lowest BCUT2D eigenvalue weighted by molar-refractivity contribution is 0.576. The molecule has 0 aliphatic carbocycles. The highest BCUT2D eigenvalue weighted by Crippen LogP contribution is 2.26. The number of benzene rings is 2. The maximum absolute atomic E-state index is 14.1. The molecule has 2 fully saturated rings. The van der Waals surface area contributed by atoms with Gasteiger partial charge in [0.2, 0.25) is 0 Å². The molecule has 2 N–H and O–H groups in total. The molecule has 2 aliphatic rings. The summed E-state index contributed by atoms with van der Waals surface area (Å²) in [5.74, 6) is 2.03. The zero-order valence-corrected chi connectivity index (χ0v) is 21.3. The third kappa shape index (κ3) is 6.18. The van der Waals surface area contributed by atoms with Crippen LogP contribution in [-0.4, -0.2) is 56.7 Å². The Hall–Kier alpha value is -1.75. The Morgan fingerprint density at radius 1 is 1.03 bits per heavy atom. The van der Waals surface area contributed by atoms with Crippen molar-refractivity contribution in [3.8, 4) is 0 Å². The molecule has 2 heterocycles. The van der Waals surface area contributed by atoms with Crippen LogP contribution in [0.15, 0.2) is 47.5 Å². The van der Waals surface area contributed by atoms with E-state index in [1.54, 1.807) is 11.9 Å². The number of aliphatic imine (C=N–C) groups is 1. The molecule has 32 heavy (non-hydrogen) atoms. The number of rotatable bonds is 5. The van der Waals surface area contributed by atoms with Gasteiger partial charge in [0.1, 0.15) is 17.3 Å². The first kappa shape index (κ1) is 24.9. The number of para-hydroxylation sites is 1. The molecular formula is C23H30F2IN5S. The van der Waals surface area contributed by atoms with Gasteiger partial charge in [-0.25, -0.2) is 8.78 Å². The molecule has 4 rings (SSSR count). The summed E-state index contributed by atoms with van der Waals surface area (Å²) >= 11 is 2.01. The van der Waals surface area contributed by atoms with Gasteiger partial charge in [0.05, 0.1) is 0 Å². The lowest BCUT2D eigenvalue weighted by Gasteiger charge is -2.28. The Balaban J connectivity index is 0.00000289. The minimum atomic E-state index is -0.519. The summed E-state index contributed by atoms with van der Waals surface area (Å²) in [6, 6.07) is 12.7. The normalized spacial score (nSPS) is 19.0. The van der Waals surface area contributed by atoms with Gasteiger partial charge in [-0.1, -0.05) is 18.2 Å². The molecule has 0 spiro atoms. The molecule has 0 aromatic heterocycles. The fraction of sp³-hybridized carbons (Fsp3) is 0.435. The molecule has 2 aromatic rings. The highest BCUT2D eigenvalue weighted by molar-refractivity contribution is 14.0. The number of anilines is 2. The van der Waals surface area contributed by atoms with E-state index in [1.165, 1.54) is 41.0 Å². The zero-order valence-electron chi connectivity index (χ0n) is 18.2. The summed E-state index contributed by atoms with van der Waals surface area (Å²) in [4.78, 5) is 8.49. The lowest BCUT2D eigenvalue weighted by atomic mass is 10.2. The molecule has 5 nitrogen and oxygen atoms in total. The fourth-order valence-corrected chi connectivity index (χ4v) is 5.00. The summed E-state index contributed by atoms with van der Waals surface area (Å²) in [6.07, 6.45) is 0.789. The molecule has 1 unspecified atom stereocenters. The largest absolute Gasteiger partial charge is 0.370 e. The summed E-state index contributed by atoms with van der Waals surface area (Å²) in [5, 5.41) is 6.72. The van der Waals surface area contributed by atoms with Crippen LogP contribution in [0.2, 0.25) is 0 Å². The van der Waals surface area contributed by atoms with Crippen molar-refractivity contribution in [2.24, 2.45) is 4.99 Å². The van der Waals surface area contributed by atoms with E-state index in [9.17, 15) is 8.78 Å². The Morgan fingerprint density at radius 3 is 2.38 bits per heavy atom. The van der Waals surface area contributed by atoms with Crippen molar-refractivity contribution in [1.29, 1.82) is 0 Å². The average Bonchev–Trinajstić information content (AvgIpc) is 3.25. The molecule has 1 atom stereocenters. The van der Waals surface area contributed by atoms with Gasteiger partial charge in [0.15, 0.2) is 5.96 Å². The van der Waals surface area contributed by atoms with Crippen LogP contribution in [0.3, 0.4) is 0 Å². The molecule has 2 aliphatic heterocycles. The number of hydrogen-bond acceptors (Lipinski definition) is 4. The van der Waals surface area contributed by atoms with Crippen molar-refractivity contribution in [1.82, 2.24) is 10.6 Å². The van der Waals surface area contributed by atoms with E-state index in [0.29, 0.717) is 25.6 Å². The third-order valence-electron chi connectivity index (χ3n) is 5.78. The van der Waals surface area contributed by atoms with Crippen molar-refractivity contribution >= 4 is 53.1 Å². The molecule has 2 saturated heterocycles. The van der Waals surface area contributed by atoms with Crippen molar-refractivity contribution < 1.29 is 8.78 Å². The molecule has 0 amide bonds. The van der Waals surface area contributed by atoms with E-state index >= 15 is 0 Å². The Kier molecular flexibility index (Phi) is 9.27. The minimum Gasteiger partial charge on any atom is -0.370 e. The second-order valence-corrected chi connectivity index (χ2v) is 9.06. The summed E-state index contributed by atoms with van der Waals surface area (Å²) in [7, 11) is 1.73. The van der Waals surface area contributed by atoms with E-state index in [4.69, 9.17) is 0 Å². The third-order valence-corrected chi connectivity index (χ3v) is 6.72. The first-order valence-electron chi connectivity index (χ1n) is 10.7. The number of nitrogens with zero attached hydrogens (tertiary/aromatic N) is 3. The van der Waals surface area contributed by atoms with E-state index < -0.39 is 11.6 Å². The van der Waals surface area contributed by atoms with Crippen LogP contribution in [0.5, 0.6) is 0 Å². The van der Waals surface area contributed by atoms with E-state index in [1.807, 2.05) is 11.8 Å². The highest BCUT2D eigenvalue weighted by atomic mass is 127. The minimum absolute atomic E-state index is 0. The van der Waals surface area contributed by atoms with Crippen LogP contribution < -0.4 is 20.4 Å². The molecule has 9 heteroatoms. The van der Waals surface area contributed by atoms with Gasteiger partial charge in [0, 0.05) is 63.0 Å². The predicted octanol–water partition coefficient (Wildman–Crippen LogP) is 4.08. The van der Waals surface area contributed by atoms with Crippen LogP contribution in [0.25, 0.3) is 0 Å². The SMILES string of the molecule is CN=C(NCc1ccc(N2CCSCC2)cc1)NC1CCN(c2c(F)cccc2F)C1.I. The van der Waals surface area contributed by atoms with Gasteiger partial charge < -0.3 is 20.4 Å². The average molecular weight is 573 g/mol. The summed E-state index contributed by atoms with van der Waals surface area (Å²) in [5.41, 5.74) is 2.51. The maximum Gasteiger partial charge on any atom is 0.191 e. The van der Waals surface area contributed by atoms with Gasteiger partial charge in [0.25, 0.3) is 0 Å². The monoisotopic (exact) mass is 573 g/mol. The molecule has 2 aromatic carbocycles. The summed E-state index contributed by atoms with van der Waals surface area (Å²) in [6.45, 7) is 4.00. The topological polar surface area (TPSA) is 42.9 Å². The molecule has 0 bridgehead atoms. The van der Waals surface area contributed by atoms with Gasteiger partial charge in [-0.3, -0.25) is 4.99 Å². The standard InChI is InChI=1S/C23H29F2N5S.HI/c1-26-23(27-15-17-5-7-19(8-6-17)29-11-13-31-14-12-29)28-18-9-10-30(16-18)22-20(24)3-2-4-21(22)25;/h2-8,18H,9-16H2,1H3,(H2,26,27,28);1H. The maximum atomic E-state index is 14.1. The van der Waals surface area contributed by atoms with Crippen LogP contribution in [-0.2, 0) is 6.54 Å². The molecule has 174 valence electrons. The fourth-order valence-electron chi connectivity index (χ4n) is 4.09. The van der Waals surface area contributed by atoms with Crippen LogP contribution in [0, 0.1) is 11.6 Å². The second-order valence-electron chi connectivity index (χ2n) is 7.84. The number of nitrogens with one attached hydrogen (secondary N) is 2. The van der Waals surface area contributed by atoms with Crippen LogP contribution in [0.1, 0.15) is 12.0 Å². The molecule has 0 saturated carbocycles. The van der Waals surface area contributed by atoms with E-state index in [-0.39, 0.29) is 35.7 Å². The number of guanidine groups is 1. The van der Waals surface area contributed by atoms with Gasteiger partial charge in [-0.2, -0.15) is 11.8 Å². The summed E-state index contributed by atoms with van der Waals surface area (Å²) < 4.78 is 28.1. The predicted molar refractivity (Wildman–Crippen MR) is 142 cm³/mol. The lowest BCUT2D eigenvalue weighted by Crippen LogP contribution is -2.44. The first-order valence-corrected chi connectivity index (χ1v) is 11.9. The van der Waals surface area contributed by atoms with Crippen molar-refractivity contribution in [3.05, 3.63) is 59.7 Å². The van der Waals surface area contributed by atoms with Crippen LogP contribution >= 0.6 is 35.7 Å². The Bertz CT molecular complexity index is 886. The number of hydrogen-bond donors (Lipinski definition) is 2. The Morgan fingerprint density at radius 2 is 1.72 bits per heavy atom. The molecular weight excluding hydrogens is 543 g/mol. The van der Waals surface area contributed by atoms with Gasteiger partial charge in [-0.15, -0.1) is 24.0 Å². The number of halogens is 3. The second kappa shape index (κ2) is 11.9. The Labute approximate surface area is 210 Å². The zero-order chi connectivity index (χ0) is 21.6. The number of thioether (sulfide) groups is 1. The van der Waals surface area contributed by atoms with Gasteiger partial charge in [-0.05, 0) is 36.2 Å². The quantitative estimate of drug-likeness (QED) is 0.321. The van der Waals surface area contributed by atoms with Crippen molar-refractivity contribution in [3.63, 3.8) is 0 Å². The smallest absolute Gasteiger partial charge is 0.191 e. The van der Waals surface area contributed by atoms with Crippen molar-refractivity contribution in [2.75, 3.05) is 54.5 Å². The first-order chi connectivity index (χ1) is 15.1. The van der Waals surface area contributed by atoms with Crippen molar-refractivity contribution in [2.45, 2.75) is 19.0 Å². The van der Waals surface area contributed by atoms with E-state index in [2.05, 4.69) is 44.8 Å². The molecule has 0 radical (unpaired) electrons. The van der Waals surface area contributed by atoms with E-state index in [0.717, 1.165) is 19.5 Å². The van der Waals surface area contributed by atoms with Gasteiger partial charge >= 0.3 is 0 Å².